The second kappa shape index (κ2) is 8.91. The lowest BCUT2D eigenvalue weighted by Gasteiger charge is -2.40. The van der Waals surface area contributed by atoms with E-state index in [1.54, 1.807) is 6.92 Å². The summed E-state index contributed by atoms with van der Waals surface area (Å²) in [6.45, 7) is 11.7. The summed E-state index contributed by atoms with van der Waals surface area (Å²) in [7, 11) is 0. The average molecular weight is 413 g/mol. The third-order valence-corrected chi connectivity index (χ3v) is 7.45. The van der Waals surface area contributed by atoms with Crippen molar-refractivity contribution in [2.45, 2.75) is 66.2 Å². The number of hydrogen-bond donors (Lipinski definition) is 0. The zero-order valence-electron chi connectivity index (χ0n) is 18.2. The van der Waals surface area contributed by atoms with Crippen molar-refractivity contribution in [3.63, 3.8) is 0 Å². The SMILES string of the molecule is C=C(C)C(=O)OC1=C(c2c(CC)cc(C)cc2CC)C(=O)CC2(CCCSC2)C1. The third-order valence-electron chi connectivity index (χ3n) is 6.06. The highest BCUT2D eigenvalue weighted by Gasteiger charge is 2.43. The number of benzene rings is 1. The van der Waals surface area contributed by atoms with Gasteiger partial charge in [0.05, 0.1) is 5.57 Å². The fourth-order valence-electron chi connectivity index (χ4n) is 4.65. The fourth-order valence-corrected chi connectivity index (χ4v) is 5.92. The van der Waals surface area contributed by atoms with Crippen LogP contribution in [-0.2, 0) is 27.2 Å². The minimum absolute atomic E-state index is 0.0857. The van der Waals surface area contributed by atoms with Gasteiger partial charge in [0.15, 0.2) is 5.78 Å². The fraction of sp³-hybridized carbons (Fsp3) is 0.520. The molecule has 1 fully saturated rings. The van der Waals surface area contributed by atoms with Gasteiger partial charge in [-0.3, -0.25) is 4.79 Å². The normalized spacial score (nSPS) is 22.1. The molecule has 3 nitrogen and oxygen atoms in total. The Morgan fingerprint density at radius 1 is 1.21 bits per heavy atom. The Labute approximate surface area is 179 Å². The highest BCUT2D eigenvalue weighted by Crippen LogP contribution is 2.49. The topological polar surface area (TPSA) is 43.4 Å². The lowest BCUT2D eigenvalue weighted by atomic mass is 9.69. The van der Waals surface area contributed by atoms with E-state index in [9.17, 15) is 9.59 Å². The number of hydrogen-bond acceptors (Lipinski definition) is 4. The number of ether oxygens (including phenoxy) is 1. The van der Waals surface area contributed by atoms with Crippen molar-refractivity contribution >= 4 is 29.1 Å². The molecule has 0 saturated carbocycles. The smallest absolute Gasteiger partial charge is 0.338 e. The van der Waals surface area contributed by atoms with Gasteiger partial charge in [-0.05, 0) is 73.1 Å². The quantitative estimate of drug-likeness (QED) is 0.451. The van der Waals surface area contributed by atoms with Crippen LogP contribution in [0.1, 0.15) is 68.7 Å². The highest BCUT2D eigenvalue weighted by atomic mass is 32.2. The number of rotatable bonds is 5. The molecule has 1 aliphatic heterocycles. The summed E-state index contributed by atoms with van der Waals surface area (Å²) in [6.07, 6.45) is 5.00. The lowest BCUT2D eigenvalue weighted by Crippen LogP contribution is -2.36. The van der Waals surface area contributed by atoms with E-state index in [1.165, 1.54) is 5.56 Å². The maximum absolute atomic E-state index is 13.6. The van der Waals surface area contributed by atoms with Crippen LogP contribution in [0.4, 0.5) is 0 Å². The molecule has 1 heterocycles. The lowest BCUT2D eigenvalue weighted by molar-refractivity contribution is -0.135. The second-order valence-electron chi connectivity index (χ2n) is 8.57. The molecule has 29 heavy (non-hydrogen) atoms. The summed E-state index contributed by atoms with van der Waals surface area (Å²) in [5.41, 5.74) is 5.41. The van der Waals surface area contributed by atoms with Gasteiger partial charge in [0.2, 0.25) is 0 Å². The summed E-state index contributed by atoms with van der Waals surface area (Å²) in [5.74, 6) is 2.34. The molecule has 1 aromatic rings. The minimum Gasteiger partial charge on any atom is -0.427 e. The zero-order chi connectivity index (χ0) is 21.2. The van der Waals surface area contributed by atoms with E-state index in [2.05, 4.69) is 39.5 Å². The molecule has 2 aliphatic rings. The summed E-state index contributed by atoms with van der Waals surface area (Å²) in [5, 5.41) is 0. The van der Waals surface area contributed by atoms with Gasteiger partial charge in [-0.1, -0.05) is 38.1 Å². The van der Waals surface area contributed by atoms with Gasteiger partial charge < -0.3 is 4.74 Å². The van der Waals surface area contributed by atoms with Crippen LogP contribution in [0, 0.1) is 12.3 Å². The Hall–Kier alpha value is -1.81. The van der Waals surface area contributed by atoms with Crippen LogP contribution in [0.5, 0.6) is 0 Å². The molecular formula is C25H32O3S. The van der Waals surface area contributed by atoms with Crippen molar-refractivity contribution in [2.75, 3.05) is 11.5 Å². The molecule has 0 radical (unpaired) electrons. The van der Waals surface area contributed by atoms with Crippen LogP contribution in [0.15, 0.2) is 30.0 Å². The van der Waals surface area contributed by atoms with Gasteiger partial charge in [-0.15, -0.1) is 0 Å². The Morgan fingerprint density at radius 3 is 2.38 bits per heavy atom. The number of esters is 1. The number of aryl methyl sites for hydroxylation is 3. The van der Waals surface area contributed by atoms with Crippen molar-refractivity contribution in [1.82, 2.24) is 0 Å². The minimum atomic E-state index is -0.436. The van der Waals surface area contributed by atoms with Gasteiger partial charge in [0, 0.05) is 18.4 Å². The van der Waals surface area contributed by atoms with Gasteiger partial charge in [0.25, 0.3) is 0 Å². The van der Waals surface area contributed by atoms with Crippen LogP contribution < -0.4 is 0 Å². The van der Waals surface area contributed by atoms with Gasteiger partial charge in [0.1, 0.15) is 5.76 Å². The van der Waals surface area contributed by atoms with Crippen molar-refractivity contribution in [3.8, 4) is 0 Å². The molecule has 1 saturated heterocycles. The van der Waals surface area contributed by atoms with Gasteiger partial charge in [-0.2, -0.15) is 11.8 Å². The first-order valence-corrected chi connectivity index (χ1v) is 11.8. The molecule has 0 N–H and O–H groups in total. The molecule has 0 amide bonds. The molecule has 0 aromatic heterocycles. The molecule has 156 valence electrons. The highest BCUT2D eigenvalue weighted by molar-refractivity contribution is 7.99. The van der Waals surface area contributed by atoms with Crippen molar-refractivity contribution in [3.05, 3.63) is 52.3 Å². The molecule has 4 heteroatoms. The number of carbonyl (C=O) groups is 2. The van der Waals surface area contributed by atoms with E-state index >= 15 is 0 Å². The average Bonchev–Trinajstić information content (AvgIpc) is 2.68. The van der Waals surface area contributed by atoms with E-state index in [4.69, 9.17) is 4.74 Å². The Kier molecular flexibility index (Phi) is 6.72. The predicted molar refractivity (Wildman–Crippen MR) is 121 cm³/mol. The van der Waals surface area contributed by atoms with E-state index in [1.807, 2.05) is 11.8 Å². The second-order valence-corrected chi connectivity index (χ2v) is 9.67. The number of Topliss-reactive ketones (excluding diaryl/α,β-unsaturated/α-hetero) is 1. The summed E-state index contributed by atoms with van der Waals surface area (Å²) in [6, 6.07) is 4.32. The van der Waals surface area contributed by atoms with Crippen molar-refractivity contribution in [1.29, 1.82) is 0 Å². The number of ketones is 1. The van der Waals surface area contributed by atoms with Crippen LogP contribution in [-0.4, -0.2) is 23.3 Å². The molecule has 3 rings (SSSR count). The Morgan fingerprint density at radius 2 is 1.86 bits per heavy atom. The van der Waals surface area contributed by atoms with Crippen LogP contribution in [0.2, 0.25) is 0 Å². The maximum Gasteiger partial charge on any atom is 0.338 e. The van der Waals surface area contributed by atoms with Crippen LogP contribution in [0.25, 0.3) is 5.57 Å². The third kappa shape index (κ3) is 4.53. The molecule has 0 bridgehead atoms. The number of thioether (sulfide) groups is 1. The maximum atomic E-state index is 13.6. The summed E-state index contributed by atoms with van der Waals surface area (Å²) in [4.78, 5) is 26.0. The molecular weight excluding hydrogens is 380 g/mol. The molecule has 1 spiro atoms. The summed E-state index contributed by atoms with van der Waals surface area (Å²) < 4.78 is 5.86. The van der Waals surface area contributed by atoms with E-state index in [0.29, 0.717) is 29.7 Å². The van der Waals surface area contributed by atoms with Crippen molar-refractivity contribution in [2.24, 2.45) is 5.41 Å². The van der Waals surface area contributed by atoms with E-state index < -0.39 is 5.97 Å². The molecule has 1 aromatic carbocycles. The molecule has 1 atom stereocenters. The predicted octanol–water partition coefficient (Wildman–Crippen LogP) is 5.83. The monoisotopic (exact) mass is 412 g/mol. The van der Waals surface area contributed by atoms with E-state index in [-0.39, 0.29) is 11.2 Å². The molecule has 1 unspecified atom stereocenters. The van der Waals surface area contributed by atoms with Gasteiger partial charge in [-0.25, -0.2) is 4.79 Å². The largest absolute Gasteiger partial charge is 0.427 e. The number of allylic oxidation sites excluding steroid dienone is 2. The zero-order valence-corrected chi connectivity index (χ0v) is 19.0. The molecule has 1 aliphatic carbocycles. The Balaban J connectivity index is 2.19. The Bertz CT molecular complexity index is 847. The first-order valence-electron chi connectivity index (χ1n) is 10.6. The van der Waals surface area contributed by atoms with Crippen LogP contribution in [0.3, 0.4) is 0 Å². The summed E-state index contributed by atoms with van der Waals surface area (Å²) >= 11 is 1.91. The standard InChI is InChI=1S/C25H32O3S/c1-6-18-11-17(5)12-19(7-2)22(18)23-20(26)13-25(9-8-10-29-15-25)14-21(23)28-24(27)16(3)4/h11-12H,3,6-10,13-15H2,1-2,4-5H3. The van der Waals surface area contributed by atoms with E-state index in [0.717, 1.165) is 53.9 Å². The first-order chi connectivity index (χ1) is 13.8. The van der Waals surface area contributed by atoms with Crippen LogP contribution >= 0.6 is 11.8 Å². The number of carbonyl (C=O) groups excluding carboxylic acids is 2. The van der Waals surface area contributed by atoms with Gasteiger partial charge >= 0.3 is 5.97 Å². The van der Waals surface area contributed by atoms with Crippen molar-refractivity contribution < 1.29 is 14.3 Å². The first kappa shape index (κ1) is 21.9.